The first-order valence-electron chi connectivity index (χ1n) is 12.4. The van der Waals surface area contributed by atoms with Crippen molar-refractivity contribution in [2.75, 3.05) is 0 Å². The van der Waals surface area contributed by atoms with Crippen LogP contribution in [0.5, 0.6) is 51.7 Å². The number of aliphatic hydroxyl groups excluding tert-OH is 1. The van der Waals surface area contributed by atoms with Crippen LogP contribution in [0.3, 0.4) is 0 Å². The van der Waals surface area contributed by atoms with Gasteiger partial charge in [-0.1, -0.05) is 12.1 Å². The van der Waals surface area contributed by atoms with Crippen molar-refractivity contribution < 1.29 is 55.1 Å². The molecule has 1 aliphatic rings. The van der Waals surface area contributed by atoms with E-state index >= 15 is 0 Å². The second-order valence-electron chi connectivity index (χ2n) is 9.82. The van der Waals surface area contributed by atoms with Gasteiger partial charge in [0, 0.05) is 34.7 Å². The molecule has 0 saturated heterocycles. The number of ether oxygens (including phenoxy) is 1. The molecule has 0 spiro atoms. The smallest absolute Gasteiger partial charge is 0.235 e. The minimum atomic E-state index is -1.63. The summed E-state index contributed by atoms with van der Waals surface area (Å²) in [5, 5.41) is 94.7. The number of benzene rings is 4. The molecule has 0 saturated carbocycles. The van der Waals surface area contributed by atoms with E-state index in [-0.39, 0.29) is 50.5 Å². The van der Waals surface area contributed by atoms with Gasteiger partial charge in [0.15, 0.2) is 34.9 Å². The molecule has 6 rings (SSSR count). The molecule has 9 N–H and O–H groups in total. The zero-order chi connectivity index (χ0) is 30.0. The van der Waals surface area contributed by atoms with Crippen LogP contribution >= 0.6 is 0 Å². The first-order chi connectivity index (χ1) is 20.0. The van der Waals surface area contributed by atoms with Crippen LogP contribution in [0.4, 0.5) is 0 Å². The van der Waals surface area contributed by atoms with Crippen molar-refractivity contribution in [2.45, 2.75) is 18.1 Å². The fourth-order valence-electron chi connectivity index (χ4n) is 5.27. The monoisotopic (exact) mass is 574 g/mol. The molecule has 1 aromatic heterocycles. The molecule has 4 aromatic carbocycles. The average molecular weight is 574 g/mol. The summed E-state index contributed by atoms with van der Waals surface area (Å²) in [6.07, 6.45) is -2.92. The Labute approximate surface area is 235 Å². The van der Waals surface area contributed by atoms with Gasteiger partial charge in [-0.25, -0.2) is 0 Å². The lowest BCUT2D eigenvalue weighted by molar-refractivity contribution is 0.00781. The fraction of sp³-hybridized carbons (Fsp3) is 0.100. The Morgan fingerprint density at radius 2 is 1.38 bits per heavy atom. The summed E-state index contributed by atoms with van der Waals surface area (Å²) < 4.78 is 11.7. The first kappa shape index (κ1) is 26.5. The van der Waals surface area contributed by atoms with Crippen LogP contribution in [0, 0.1) is 0 Å². The van der Waals surface area contributed by atoms with Crippen molar-refractivity contribution in [2.24, 2.45) is 0 Å². The maximum absolute atomic E-state index is 13.0. The van der Waals surface area contributed by atoms with E-state index < -0.39 is 63.8 Å². The molecule has 2 unspecified atom stereocenters. The topological polar surface area (TPSA) is 222 Å². The number of hydrogen-bond donors (Lipinski definition) is 9. The number of aromatic hydroxyl groups is 8. The summed E-state index contributed by atoms with van der Waals surface area (Å²) in [6, 6.07) is 12.0. The highest BCUT2D eigenvalue weighted by molar-refractivity contribution is 5.85. The molecule has 2 heterocycles. The Balaban J connectivity index is 1.66. The molecule has 12 nitrogen and oxygen atoms in total. The maximum Gasteiger partial charge on any atom is 0.235 e. The molecule has 0 amide bonds. The number of fused-ring (bicyclic) bond motifs is 2. The standard InChI is InChI=1S/C30H22O12/c31-12-2-4-14-20(8-12)41-29(11-1-6-17(33)18(34)7-11)27(39)22(14)23-16(10-19(35)25(37)26(23)38)30-28(40)24(36)15-5-3-13(32)9-21(15)42-30/h1-10,22,27,29,31-35,37-40H/t22?,27-,29?/m0/s1. The Bertz CT molecular complexity index is 1960. The van der Waals surface area contributed by atoms with Gasteiger partial charge in [0.1, 0.15) is 28.9 Å². The van der Waals surface area contributed by atoms with Crippen LogP contribution in [-0.4, -0.2) is 52.1 Å². The van der Waals surface area contributed by atoms with Gasteiger partial charge >= 0.3 is 0 Å². The lowest BCUT2D eigenvalue weighted by atomic mass is 9.77. The number of phenols is 7. The molecule has 42 heavy (non-hydrogen) atoms. The Hall–Kier alpha value is -5.75. The van der Waals surface area contributed by atoms with Gasteiger partial charge in [0.25, 0.3) is 0 Å². The lowest BCUT2D eigenvalue weighted by Crippen LogP contribution is -2.35. The molecular formula is C30H22O12. The van der Waals surface area contributed by atoms with Crippen molar-refractivity contribution in [3.05, 3.63) is 87.6 Å². The van der Waals surface area contributed by atoms with Crippen molar-refractivity contribution >= 4 is 11.0 Å². The van der Waals surface area contributed by atoms with Crippen molar-refractivity contribution in [1.29, 1.82) is 0 Å². The highest BCUT2D eigenvalue weighted by Crippen LogP contribution is 2.55. The van der Waals surface area contributed by atoms with E-state index in [4.69, 9.17) is 9.15 Å². The van der Waals surface area contributed by atoms with Crippen molar-refractivity contribution in [1.82, 2.24) is 0 Å². The predicted molar refractivity (Wildman–Crippen MR) is 145 cm³/mol. The van der Waals surface area contributed by atoms with E-state index in [0.29, 0.717) is 0 Å². The van der Waals surface area contributed by atoms with Gasteiger partial charge < -0.3 is 55.1 Å². The van der Waals surface area contributed by atoms with E-state index in [9.17, 15) is 50.8 Å². The number of aliphatic hydroxyl groups is 1. The van der Waals surface area contributed by atoms with Gasteiger partial charge in [-0.2, -0.15) is 0 Å². The van der Waals surface area contributed by atoms with Crippen LogP contribution in [0.25, 0.3) is 22.3 Å². The highest BCUT2D eigenvalue weighted by atomic mass is 16.5. The molecule has 5 aromatic rings. The maximum atomic E-state index is 13.0. The third kappa shape index (κ3) is 4.00. The van der Waals surface area contributed by atoms with E-state index in [2.05, 4.69) is 0 Å². The van der Waals surface area contributed by atoms with Crippen LogP contribution in [0.1, 0.15) is 28.7 Å². The molecule has 0 fully saturated rings. The van der Waals surface area contributed by atoms with Gasteiger partial charge in [-0.05, 0) is 42.0 Å². The Morgan fingerprint density at radius 3 is 2.12 bits per heavy atom. The van der Waals surface area contributed by atoms with Crippen LogP contribution < -0.4 is 10.2 Å². The zero-order valence-electron chi connectivity index (χ0n) is 21.3. The normalized spacial score (nSPS) is 18.0. The van der Waals surface area contributed by atoms with Crippen LogP contribution in [0.2, 0.25) is 0 Å². The number of phenolic OH excluding ortho intramolecular Hbond substituents is 7. The van der Waals surface area contributed by atoms with E-state index in [1.807, 2.05) is 0 Å². The highest BCUT2D eigenvalue weighted by Gasteiger charge is 2.43. The zero-order valence-corrected chi connectivity index (χ0v) is 21.3. The van der Waals surface area contributed by atoms with E-state index in [0.717, 1.165) is 18.2 Å². The predicted octanol–water partition coefficient (Wildman–Crippen LogP) is 3.73. The third-order valence-corrected chi connectivity index (χ3v) is 7.27. The second kappa shape index (κ2) is 9.42. The molecule has 0 aliphatic carbocycles. The molecular weight excluding hydrogens is 552 g/mol. The van der Waals surface area contributed by atoms with E-state index in [1.165, 1.54) is 42.5 Å². The minimum absolute atomic E-state index is 0.0230. The molecule has 3 atom stereocenters. The van der Waals surface area contributed by atoms with Crippen LogP contribution in [0.15, 0.2) is 69.9 Å². The average Bonchev–Trinajstić information content (AvgIpc) is 2.95. The van der Waals surface area contributed by atoms with Gasteiger partial charge in [-0.3, -0.25) is 4.79 Å². The lowest BCUT2D eigenvalue weighted by Gasteiger charge is -2.38. The van der Waals surface area contributed by atoms with Gasteiger partial charge in [0.2, 0.25) is 16.9 Å². The summed E-state index contributed by atoms with van der Waals surface area (Å²) in [5.74, 6) is -6.99. The summed E-state index contributed by atoms with van der Waals surface area (Å²) >= 11 is 0. The molecule has 1 aliphatic heterocycles. The fourth-order valence-corrected chi connectivity index (χ4v) is 5.27. The summed E-state index contributed by atoms with van der Waals surface area (Å²) in [6.45, 7) is 0. The van der Waals surface area contributed by atoms with Gasteiger partial charge in [-0.15, -0.1) is 0 Å². The molecule has 214 valence electrons. The number of hydrogen-bond acceptors (Lipinski definition) is 12. The second-order valence-corrected chi connectivity index (χ2v) is 9.82. The van der Waals surface area contributed by atoms with Crippen molar-refractivity contribution in [3.8, 4) is 63.1 Å². The largest absolute Gasteiger partial charge is 0.508 e. The molecule has 12 heteroatoms. The summed E-state index contributed by atoms with van der Waals surface area (Å²) in [7, 11) is 0. The summed E-state index contributed by atoms with van der Waals surface area (Å²) in [5.41, 5.74) is -1.31. The van der Waals surface area contributed by atoms with Crippen molar-refractivity contribution in [3.63, 3.8) is 0 Å². The van der Waals surface area contributed by atoms with Gasteiger partial charge in [0.05, 0.1) is 5.39 Å². The quantitative estimate of drug-likeness (QED) is 0.141. The Morgan fingerprint density at radius 1 is 0.667 bits per heavy atom. The first-order valence-corrected chi connectivity index (χ1v) is 12.4. The van der Waals surface area contributed by atoms with Crippen LogP contribution in [-0.2, 0) is 0 Å². The molecule has 0 radical (unpaired) electrons. The summed E-state index contributed by atoms with van der Waals surface area (Å²) in [4.78, 5) is 13.0. The van der Waals surface area contributed by atoms with E-state index in [1.54, 1.807) is 0 Å². The minimum Gasteiger partial charge on any atom is -0.508 e. The number of rotatable bonds is 3. The Kier molecular flexibility index (Phi) is 5.94. The SMILES string of the molecule is O=c1c(O)c(-c2cc(O)c(O)c(O)c2C2c3ccc(O)cc3OC(c3ccc(O)c(O)c3)[C@H]2O)oc2cc(O)ccc12. The molecule has 0 bridgehead atoms. The third-order valence-electron chi connectivity index (χ3n) is 7.27.